The molecule has 0 radical (unpaired) electrons. The van der Waals surface area contributed by atoms with Crippen molar-refractivity contribution in [3.8, 4) is 0 Å². The lowest BCUT2D eigenvalue weighted by molar-refractivity contribution is -0.141. The highest BCUT2D eigenvalue weighted by Crippen LogP contribution is 2.28. The van der Waals surface area contributed by atoms with E-state index in [1.54, 1.807) is 0 Å². The number of nitrogens with one attached hydrogen (secondary N) is 1. The number of carbonyl (C=O) groups is 1. The molecule has 112 valence electrons. The van der Waals surface area contributed by atoms with Crippen LogP contribution in [0.4, 0.5) is 18.9 Å². The molecule has 0 saturated heterocycles. The van der Waals surface area contributed by atoms with Gasteiger partial charge in [0.25, 0.3) is 5.91 Å². The molecule has 21 heavy (non-hydrogen) atoms. The van der Waals surface area contributed by atoms with Crippen LogP contribution < -0.4 is 5.32 Å². The van der Waals surface area contributed by atoms with Crippen LogP contribution in [-0.4, -0.2) is 15.7 Å². The van der Waals surface area contributed by atoms with Crippen molar-refractivity contribution in [1.82, 2.24) is 9.78 Å². The molecule has 0 spiro atoms. The fourth-order valence-corrected chi connectivity index (χ4v) is 2.01. The van der Waals surface area contributed by atoms with E-state index >= 15 is 0 Å². The number of nitrogens with zero attached hydrogens (tertiary/aromatic N) is 2. The van der Waals surface area contributed by atoms with Gasteiger partial charge in [-0.3, -0.25) is 9.48 Å². The van der Waals surface area contributed by atoms with Gasteiger partial charge in [0.15, 0.2) is 5.69 Å². The summed E-state index contributed by atoms with van der Waals surface area (Å²) < 4.78 is 38.7. The molecule has 4 nitrogen and oxygen atoms in total. The van der Waals surface area contributed by atoms with E-state index in [0.717, 1.165) is 21.9 Å². The Hall–Kier alpha value is -2.31. The number of halogens is 3. The third-order valence-electron chi connectivity index (χ3n) is 3.12. The summed E-state index contributed by atoms with van der Waals surface area (Å²) in [6, 6.07) is 6.20. The minimum absolute atomic E-state index is 0.148. The number of anilines is 1. The van der Waals surface area contributed by atoms with Gasteiger partial charge >= 0.3 is 6.18 Å². The molecule has 1 amide bonds. The van der Waals surface area contributed by atoms with Crippen molar-refractivity contribution < 1.29 is 18.0 Å². The number of aromatic nitrogens is 2. The van der Waals surface area contributed by atoms with Crippen molar-refractivity contribution in [2.45, 2.75) is 20.0 Å². The van der Waals surface area contributed by atoms with Crippen LogP contribution in [0.25, 0.3) is 0 Å². The Bertz CT molecular complexity index is 669. The molecule has 2 rings (SSSR count). The number of amides is 1. The van der Waals surface area contributed by atoms with E-state index in [2.05, 4.69) is 10.4 Å². The largest absolute Gasteiger partial charge is 0.435 e. The van der Waals surface area contributed by atoms with Gasteiger partial charge in [-0.1, -0.05) is 18.2 Å². The number of para-hydroxylation sites is 1. The summed E-state index contributed by atoms with van der Waals surface area (Å²) >= 11 is 0. The minimum Gasteiger partial charge on any atom is -0.320 e. The lowest BCUT2D eigenvalue weighted by atomic mass is 10.1. The lowest BCUT2D eigenvalue weighted by Crippen LogP contribution is -2.17. The smallest absolute Gasteiger partial charge is 0.320 e. The van der Waals surface area contributed by atoms with Crippen molar-refractivity contribution >= 4 is 11.6 Å². The zero-order chi connectivity index (χ0) is 15.8. The van der Waals surface area contributed by atoms with Crippen molar-refractivity contribution in [2.75, 3.05) is 5.32 Å². The number of alkyl halides is 3. The summed E-state index contributed by atoms with van der Waals surface area (Å²) in [6.45, 7) is 3.62. The molecule has 2 aromatic rings. The van der Waals surface area contributed by atoms with Crippen molar-refractivity contribution in [1.29, 1.82) is 0 Å². The Balaban J connectivity index is 2.31. The highest BCUT2D eigenvalue weighted by Gasteiger charge is 2.35. The molecule has 0 bridgehead atoms. The van der Waals surface area contributed by atoms with E-state index in [1.165, 1.54) is 7.05 Å². The van der Waals surface area contributed by atoms with E-state index in [4.69, 9.17) is 0 Å². The molecule has 0 unspecified atom stereocenters. The van der Waals surface area contributed by atoms with Crippen LogP contribution >= 0.6 is 0 Å². The molecule has 0 aliphatic carbocycles. The first-order valence-electron chi connectivity index (χ1n) is 6.19. The van der Waals surface area contributed by atoms with E-state index < -0.39 is 17.8 Å². The van der Waals surface area contributed by atoms with Crippen LogP contribution in [0.2, 0.25) is 0 Å². The Morgan fingerprint density at radius 2 is 1.81 bits per heavy atom. The van der Waals surface area contributed by atoms with Gasteiger partial charge in [0.05, 0.1) is 0 Å². The Morgan fingerprint density at radius 3 is 2.29 bits per heavy atom. The number of hydrogen-bond acceptors (Lipinski definition) is 2. The average molecular weight is 297 g/mol. The monoisotopic (exact) mass is 297 g/mol. The van der Waals surface area contributed by atoms with E-state index in [0.29, 0.717) is 5.69 Å². The molecule has 0 fully saturated rings. The van der Waals surface area contributed by atoms with Gasteiger partial charge in [-0.2, -0.15) is 18.3 Å². The maximum Gasteiger partial charge on any atom is 0.435 e. The van der Waals surface area contributed by atoms with Gasteiger partial charge < -0.3 is 5.32 Å². The summed E-state index contributed by atoms with van der Waals surface area (Å²) in [5.74, 6) is -0.627. The highest BCUT2D eigenvalue weighted by molar-refractivity contribution is 6.04. The summed E-state index contributed by atoms with van der Waals surface area (Å²) in [4.78, 5) is 12.1. The number of aryl methyl sites for hydroxylation is 3. The molecular weight excluding hydrogens is 283 g/mol. The first-order chi connectivity index (χ1) is 9.70. The maximum atomic E-state index is 12.6. The van der Waals surface area contributed by atoms with Crippen LogP contribution in [0, 0.1) is 13.8 Å². The van der Waals surface area contributed by atoms with Gasteiger partial charge in [-0.05, 0) is 25.0 Å². The second kappa shape index (κ2) is 5.23. The normalized spacial score (nSPS) is 11.5. The van der Waals surface area contributed by atoms with Crippen LogP contribution in [0.5, 0.6) is 0 Å². The fraction of sp³-hybridized carbons (Fsp3) is 0.286. The van der Waals surface area contributed by atoms with Crippen molar-refractivity contribution in [3.63, 3.8) is 0 Å². The van der Waals surface area contributed by atoms with Crippen LogP contribution in [-0.2, 0) is 13.2 Å². The van der Waals surface area contributed by atoms with Crippen LogP contribution in [0.1, 0.15) is 27.3 Å². The lowest BCUT2D eigenvalue weighted by Gasteiger charge is -2.11. The predicted molar refractivity (Wildman–Crippen MR) is 72.1 cm³/mol. The fourth-order valence-electron chi connectivity index (χ4n) is 2.01. The van der Waals surface area contributed by atoms with Gasteiger partial charge in [-0.25, -0.2) is 0 Å². The first kappa shape index (κ1) is 15.1. The second-order valence-corrected chi connectivity index (χ2v) is 4.76. The van der Waals surface area contributed by atoms with Crippen molar-refractivity contribution in [2.24, 2.45) is 7.05 Å². The zero-order valence-electron chi connectivity index (χ0n) is 11.7. The van der Waals surface area contributed by atoms with Gasteiger partial charge in [0.2, 0.25) is 0 Å². The average Bonchev–Trinajstić information content (AvgIpc) is 2.76. The van der Waals surface area contributed by atoms with E-state index in [1.807, 2.05) is 32.0 Å². The van der Waals surface area contributed by atoms with Gasteiger partial charge in [-0.15, -0.1) is 0 Å². The molecule has 1 heterocycles. The summed E-state index contributed by atoms with van der Waals surface area (Å²) in [5.41, 5.74) is 1.03. The van der Waals surface area contributed by atoms with Crippen LogP contribution in [0.3, 0.4) is 0 Å². The highest BCUT2D eigenvalue weighted by atomic mass is 19.4. The van der Waals surface area contributed by atoms with E-state index in [-0.39, 0.29) is 5.69 Å². The standard InChI is InChI=1S/C14H14F3N3O/c1-8-5-4-6-9(2)12(8)18-13(21)10-7-11(14(15,16)17)19-20(10)3/h4-7H,1-3H3,(H,18,21). The van der Waals surface area contributed by atoms with Gasteiger partial charge in [0.1, 0.15) is 5.69 Å². The Kier molecular flexibility index (Phi) is 3.76. The predicted octanol–water partition coefficient (Wildman–Crippen LogP) is 3.31. The molecule has 0 saturated carbocycles. The molecule has 1 aromatic carbocycles. The second-order valence-electron chi connectivity index (χ2n) is 4.76. The molecule has 0 aliphatic heterocycles. The number of rotatable bonds is 2. The van der Waals surface area contributed by atoms with Crippen LogP contribution in [0.15, 0.2) is 24.3 Å². The summed E-state index contributed by atoms with van der Waals surface area (Å²) in [6.07, 6.45) is -4.57. The maximum absolute atomic E-state index is 12.6. The molecule has 1 N–H and O–H groups in total. The zero-order valence-corrected chi connectivity index (χ0v) is 11.7. The molecular formula is C14H14F3N3O. The molecule has 0 atom stereocenters. The van der Waals surface area contributed by atoms with Gasteiger partial charge in [0, 0.05) is 18.8 Å². The third-order valence-corrected chi connectivity index (χ3v) is 3.12. The molecule has 7 heteroatoms. The quantitative estimate of drug-likeness (QED) is 0.924. The Morgan fingerprint density at radius 1 is 1.24 bits per heavy atom. The third kappa shape index (κ3) is 3.07. The van der Waals surface area contributed by atoms with Crippen molar-refractivity contribution in [3.05, 3.63) is 46.8 Å². The molecule has 0 aliphatic rings. The summed E-state index contributed by atoms with van der Waals surface area (Å²) in [7, 11) is 1.30. The first-order valence-corrected chi connectivity index (χ1v) is 6.19. The number of benzene rings is 1. The number of hydrogen-bond donors (Lipinski definition) is 1. The molecule has 1 aromatic heterocycles. The van der Waals surface area contributed by atoms with E-state index in [9.17, 15) is 18.0 Å². The topological polar surface area (TPSA) is 46.9 Å². The Labute approximate surface area is 119 Å². The number of carbonyl (C=O) groups excluding carboxylic acids is 1. The SMILES string of the molecule is Cc1cccc(C)c1NC(=O)c1cc(C(F)(F)F)nn1C. The minimum atomic E-state index is -4.57. The summed E-state index contributed by atoms with van der Waals surface area (Å²) in [5, 5.41) is 5.95.